The lowest BCUT2D eigenvalue weighted by molar-refractivity contribution is 0.419. The molecule has 2 unspecified atom stereocenters. The van der Waals surface area contributed by atoms with E-state index in [9.17, 15) is 0 Å². The van der Waals surface area contributed by atoms with Crippen molar-refractivity contribution in [3.63, 3.8) is 0 Å². The van der Waals surface area contributed by atoms with Gasteiger partial charge in [0.15, 0.2) is 0 Å². The predicted molar refractivity (Wildman–Crippen MR) is 77.2 cm³/mol. The molecule has 1 aliphatic carbocycles. The van der Waals surface area contributed by atoms with Gasteiger partial charge in [0.25, 0.3) is 0 Å². The van der Waals surface area contributed by atoms with Crippen LogP contribution in [0.1, 0.15) is 42.5 Å². The average Bonchev–Trinajstić information content (AvgIpc) is 2.88. The second-order valence-electron chi connectivity index (χ2n) is 5.17. The molecule has 0 saturated carbocycles. The smallest absolute Gasteiger partial charge is 0.0537 e. The number of benzene rings is 1. The Balaban J connectivity index is 1.87. The van der Waals surface area contributed by atoms with Gasteiger partial charge in [0, 0.05) is 30.3 Å². The fourth-order valence-electron chi connectivity index (χ4n) is 3.02. The Morgan fingerprint density at radius 2 is 2.21 bits per heavy atom. The molecule has 0 bridgehead atoms. The maximum Gasteiger partial charge on any atom is 0.0537 e. The summed E-state index contributed by atoms with van der Waals surface area (Å²) in [6.07, 6.45) is 5.36. The fraction of sp³-hybridized carbons (Fsp3) is 0.438. The van der Waals surface area contributed by atoms with E-state index in [4.69, 9.17) is 0 Å². The van der Waals surface area contributed by atoms with Crippen molar-refractivity contribution in [1.82, 2.24) is 15.1 Å². The van der Waals surface area contributed by atoms with Crippen molar-refractivity contribution < 1.29 is 0 Å². The van der Waals surface area contributed by atoms with Gasteiger partial charge in [0.05, 0.1) is 6.20 Å². The third-order valence-electron chi connectivity index (χ3n) is 4.06. The SMILES string of the molecule is CCNC(c1cnn(CC)c1)C1Cc2ccccc21. The molecule has 1 heterocycles. The molecule has 1 aromatic carbocycles. The van der Waals surface area contributed by atoms with Gasteiger partial charge in [-0.15, -0.1) is 0 Å². The molecule has 3 heteroatoms. The summed E-state index contributed by atoms with van der Waals surface area (Å²) in [4.78, 5) is 0. The number of nitrogens with one attached hydrogen (secondary N) is 1. The Morgan fingerprint density at radius 3 is 2.89 bits per heavy atom. The molecule has 1 aliphatic rings. The molecule has 100 valence electrons. The van der Waals surface area contributed by atoms with Crippen molar-refractivity contribution in [2.45, 2.75) is 38.8 Å². The Kier molecular flexibility index (Phi) is 3.38. The lowest BCUT2D eigenvalue weighted by atomic mass is 9.72. The number of hydrogen-bond donors (Lipinski definition) is 1. The Hall–Kier alpha value is -1.61. The third-order valence-corrected chi connectivity index (χ3v) is 4.06. The van der Waals surface area contributed by atoms with Crippen molar-refractivity contribution >= 4 is 0 Å². The average molecular weight is 255 g/mol. The van der Waals surface area contributed by atoms with Crippen LogP contribution in [0.3, 0.4) is 0 Å². The molecule has 0 spiro atoms. The first-order valence-corrected chi connectivity index (χ1v) is 7.17. The summed E-state index contributed by atoms with van der Waals surface area (Å²) in [6, 6.07) is 9.17. The fourth-order valence-corrected chi connectivity index (χ4v) is 3.02. The third kappa shape index (κ3) is 2.19. The minimum Gasteiger partial charge on any atom is -0.310 e. The molecule has 0 amide bonds. The van der Waals surface area contributed by atoms with Crippen LogP contribution in [0.15, 0.2) is 36.7 Å². The molecular formula is C16H21N3. The molecular weight excluding hydrogens is 234 g/mol. The highest BCUT2D eigenvalue weighted by molar-refractivity contribution is 5.42. The Morgan fingerprint density at radius 1 is 1.37 bits per heavy atom. The summed E-state index contributed by atoms with van der Waals surface area (Å²) >= 11 is 0. The second-order valence-corrected chi connectivity index (χ2v) is 5.17. The van der Waals surface area contributed by atoms with Gasteiger partial charge >= 0.3 is 0 Å². The summed E-state index contributed by atoms with van der Waals surface area (Å²) in [6.45, 7) is 6.21. The van der Waals surface area contributed by atoms with E-state index in [1.807, 2.05) is 10.9 Å². The van der Waals surface area contributed by atoms with E-state index in [0.717, 1.165) is 13.1 Å². The molecule has 3 rings (SSSR count). The summed E-state index contributed by atoms with van der Waals surface area (Å²) in [7, 11) is 0. The lowest BCUT2D eigenvalue weighted by Crippen LogP contribution is -2.33. The van der Waals surface area contributed by atoms with E-state index in [1.165, 1.54) is 23.1 Å². The van der Waals surface area contributed by atoms with Crippen LogP contribution in [0.25, 0.3) is 0 Å². The second kappa shape index (κ2) is 5.17. The highest BCUT2D eigenvalue weighted by atomic mass is 15.3. The van der Waals surface area contributed by atoms with Crippen LogP contribution in [0, 0.1) is 0 Å². The Bertz CT molecular complexity index is 559. The minimum absolute atomic E-state index is 0.389. The van der Waals surface area contributed by atoms with Crippen LogP contribution in [0.5, 0.6) is 0 Å². The quantitative estimate of drug-likeness (QED) is 0.890. The number of aryl methyl sites for hydroxylation is 1. The van der Waals surface area contributed by atoms with Gasteiger partial charge in [-0.1, -0.05) is 31.2 Å². The van der Waals surface area contributed by atoms with Gasteiger partial charge in [0.1, 0.15) is 0 Å². The van der Waals surface area contributed by atoms with E-state index in [1.54, 1.807) is 0 Å². The van der Waals surface area contributed by atoms with Gasteiger partial charge in [-0.25, -0.2) is 0 Å². The first kappa shape index (κ1) is 12.4. The zero-order chi connectivity index (χ0) is 13.2. The summed E-state index contributed by atoms with van der Waals surface area (Å²) in [5.41, 5.74) is 4.30. The van der Waals surface area contributed by atoms with Crippen LogP contribution in [-0.2, 0) is 13.0 Å². The standard InChI is InChI=1S/C16H21N3/c1-3-17-16(13-10-18-19(4-2)11-13)15-9-12-7-5-6-8-14(12)15/h5-8,10-11,15-17H,3-4,9H2,1-2H3. The van der Waals surface area contributed by atoms with Crippen LogP contribution < -0.4 is 5.32 Å². The van der Waals surface area contributed by atoms with Gasteiger partial charge < -0.3 is 5.32 Å². The van der Waals surface area contributed by atoms with Crippen LogP contribution in [-0.4, -0.2) is 16.3 Å². The highest BCUT2D eigenvalue weighted by Crippen LogP contribution is 2.43. The molecule has 0 radical (unpaired) electrons. The number of fused-ring (bicyclic) bond motifs is 1. The van der Waals surface area contributed by atoms with Crippen LogP contribution in [0.2, 0.25) is 0 Å². The largest absolute Gasteiger partial charge is 0.310 e. The van der Waals surface area contributed by atoms with Gasteiger partial charge in [-0.3, -0.25) is 4.68 Å². The number of nitrogens with zero attached hydrogens (tertiary/aromatic N) is 2. The normalized spacial score (nSPS) is 18.7. The topological polar surface area (TPSA) is 29.9 Å². The highest BCUT2D eigenvalue weighted by Gasteiger charge is 2.33. The number of rotatable bonds is 5. The maximum absolute atomic E-state index is 4.41. The molecule has 1 aromatic heterocycles. The van der Waals surface area contributed by atoms with E-state index in [0.29, 0.717) is 12.0 Å². The van der Waals surface area contributed by atoms with E-state index >= 15 is 0 Å². The summed E-state index contributed by atoms with van der Waals surface area (Å²) in [5, 5.41) is 8.04. The molecule has 1 N–H and O–H groups in total. The van der Waals surface area contributed by atoms with Crippen molar-refractivity contribution in [2.75, 3.05) is 6.54 Å². The molecule has 0 saturated heterocycles. The lowest BCUT2D eigenvalue weighted by Gasteiger charge is -2.36. The van der Waals surface area contributed by atoms with Crippen molar-refractivity contribution in [2.24, 2.45) is 0 Å². The summed E-state index contributed by atoms with van der Waals surface area (Å²) < 4.78 is 2.00. The number of aromatic nitrogens is 2. The zero-order valence-corrected chi connectivity index (χ0v) is 11.6. The van der Waals surface area contributed by atoms with Crippen molar-refractivity contribution in [1.29, 1.82) is 0 Å². The van der Waals surface area contributed by atoms with Gasteiger partial charge in [0.2, 0.25) is 0 Å². The first-order valence-electron chi connectivity index (χ1n) is 7.17. The van der Waals surface area contributed by atoms with Crippen molar-refractivity contribution in [3.8, 4) is 0 Å². The van der Waals surface area contributed by atoms with Crippen LogP contribution >= 0.6 is 0 Å². The zero-order valence-electron chi connectivity index (χ0n) is 11.6. The molecule has 19 heavy (non-hydrogen) atoms. The van der Waals surface area contributed by atoms with E-state index < -0.39 is 0 Å². The van der Waals surface area contributed by atoms with Crippen LogP contribution in [0.4, 0.5) is 0 Å². The molecule has 0 aliphatic heterocycles. The van der Waals surface area contributed by atoms with Gasteiger partial charge in [-0.05, 0) is 31.0 Å². The monoisotopic (exact) mass is 255 g/mol. The maximum atomic E-state index is 4.41. The molecule has 2 atom stereocenters. The molecule has 0 fully saturated rings. The predicted octanol–water partition coefficient (Wildman–Crippen LogP) is 2.89. The van der Waals surface area contributed by atoms with Gasteiger partial charge in [-0.2, -0.15) is 5.10 Å². The number of hydrogen-bond acceptors (Lipinski definition) is 2. The molecule has 2 aromatic rings. The van der Waals surface area contributed by atoms with E-state index in [2.05, 4.69) is 54.7 Å². The molecule has 3 nitrogen and oxygen atoms in total. The minimum atomic E-state index is 0.389. The summed E-state index contributed by atoms with van der Waals surface area (Å²) in [5.74, 6) is 0.589. The van der Waals surface area contributed by atoms with E-state index in [-0.39, 0.29) is 0 Å². The van der Waals surface area contributed by atoms with Crippen molar-refractivity contribution in [3.05, 3.63) is 53.3 Å². The number of likely N-dealkylation sites (N-methyl/N-ethyl adjacent to an activating group) is 1. The first-order chi connectivity index (χ1) is 9.33. The Labute approximate surface area is 114 Å².